The van der Waals surface area contributed by atoms with Gasteiger partial charge < -0.3 is 10.1 Å². The predicted molar refractivity (Wildman–Crippen MR) is 109 cm³/mol. The number of ether oxygens (including phenoxy) is 1. The van der Waals surface area contributed by atoms with E-state index in [0.717, 1.165) is 19.3 Å². The third-order valence-corrected chi connectivity index (χ3v) is 7.67. The van der Waals surface area contributed by atoms with Gasteiger partial charge in [0.15, 0.2) is 0 Å². The van der Waals surface area contributed by atoms with Gasteiger partial charge in [0.05, 0.1) is 12.0 Å². The zero-order valence-electron chi connectivity index (χ0n) is 16.7. The number of methoxy groups -OCH3 is 1. The first kappa shape index (κ1) is 20.9. The van der Waals surface area contributed by atoms with Crippen molar-refractivity contribution in [3.63, 3.8) is 0 Å². The number of amides is 1. The van der Waals surface area contributed by atoms with E-state index in [1.165, 1.54) is 35.9 Å². The molecule has 0 aromatic heterocycles. The minimum atomic E-state index is -3.76. The minimum absolute atomic E-state index is 0.196. The smallest absolute Gasteiger partial charge is 0.244 e. The normalized spacial score (nSPS) is 20.6. The van der Waals surface area contributed by atoms with Crippen molar-refractivity contribution in [1.29, 1.82) is 0 Å². The lowest BCUT2D eigenvalue weighted by Crippen LogP contribution is -2.46. The molecule has 0 spiro atoms. The lowest BCUT2D eigenvalue weighted by Gasteiger charge is -2.24. The molecule has 1 aliphatic carbocycles. The number of sulfonamides is 1. The molecule has 1 aromatic carbocycles. The highest BCUT2D eigenvalue weighted by Gasteiger charge is 2.40. The Hall–Kier alpha value is -1.86. The number of hydrogen-bond donors (Lipinski definition) is 1. The molecular formula is C21H30N2O4S. The number of benzene rings is 1. The topological polar surface area (TPSA) is 75.7 Å². The molecule has 6 nitrogen and oxygen atoms in total. The van der Waals surface area contributed by atoms with E-state index in [1.807, 2.05) is 0 Å². The number of nitrogens with zero attached hydrogens (tertiary/aromatic N) is 1. The fourth-order valence-electron chi connectivity index (χ4n) is 4.00. The van der Waals surface area contributed by atoms with Gasteiger partial charge in [-0.3, -0.25) is 4.79 Å². The number of carbonyl (C=O) groups is 1. The van der Waals surface area contributed by atoms with Crippen molar-refractivity contribution in [2.24, 2.45) is 0 Å². The van der Waals surface area contributed by atoms with Crippen LogP contribution in [0, 0.1) is 6.92 Å². The molecule has 1 amide bonds. The molecule has 1 N–H and O–H groups in total. The third kappa shape index (κ3) is 4.58. The average Bonchev–Trinajstić information content (AvgIpc) is 3.20. The molecule has 2 aliphatic rings. The first-order chi connectivity index (χ1) is 13.4. The molecule has 28 heavy (non-hydrogen) atoms. The van der Waals surface area contributed by atoms with Gasteiger partial charge in [0.1, 0.15) is 11.8 Å². The van der Waals surface area contributed by atoms with E-state index in [0.29, 0.717) is 37.2 Å². The number of allylic oxidation sites excluding steroid dienone is 1. The SMILES string of the molecule is COc1ccc(C)c(S(=O)(=O)N2CCCC2C(=O)NCCC2=CCCCC2)c1. The van der Waals surface area contributed by atoms with Gasteiger partial charge in [0.25, 0.3) is 0 Å². The summed E-state index contributed by atoms with van der Waals surface area (Å²) in [5.74, 6) is 0.295. The molecule has 1 aromatic rings. The Morgan fingerprint density at radius 3 is 2.82 bits per heavy atom. The second kappa shape index (κ2) is 9.09. The van der Waals surface area contributed by atoms with E-state index >= 15 is 0 Å². The predicted octanol–water partition coefficient (Wildman–Crippen LogP) is 3.16. The van der Waals surface area contributed by atoms with Crippen LogP contribution in [0.15, 0.2) is 34.7 Å². The second-order valence-electron chi connectivity index (χ2n) is 7.55. The average molecular weight is 407 g/mol. The largest absolute Gasteiger partial charge is 0.497 e. The lowest BCUT2D eigenvalue weighted by molar-refractivity contribution is -0.124. The minimum Gasteiger partial charge on any atom is -0.497 e. The molecule has 0 bridgehead atoms. The van der Waals surface area contributed by atoms with E-state index in [1.54, 1.807) is 19.1 Å². The van der Waals surface area contributed by atoms with Crippen LogP contribution in [0.3, 0.4) is 0 Å². The van der Waals surface area contributed by atoms with E-state index in [9.17, 15) is 13.2 Å². The van der Waals surface area contributed by atoms with Gasteiger partial charge in [-0.1, -0.05) is 17.7 Å². The molecule has 7 heteroatoms. The molecule has 0 radical (unpaired) electrons. The van der Waals surface area contributed by atoms with Crippen LogP contribution in [0.1, 0.15) is 50.5 Å². The van der Waals surface area contributed by atoms with Crippen molar-refractivity contribution < 1.29 is 17.9 Å². The summed E-state index contributed by atoms with van der Waals surface area (Å²) in [6.07, 6.45) is 9.05. The van der Waals surface area contributed by atoms with Gasteiger partial charge in [-0.2, -0.15) is 4.31 Å². The number of hydrogen-bond acceptors (Lipinski definition) is 4. The van der Waals surface area contributed by atoms with Crippen LogP contribution in [-0.2, 0) is 14.8 Å². The molecule has 1 fully saturated rings. The lowest BCUT2D eigenvalue weighted by atomic mass is 9.97. The standard InChI is InChI=1S/C21H30N2O4S/c1-16-10-11-18(27-2)15-20(16)28(25,26)23-14-6-9-19(23)21(24)22-13-12-17-7-4-3-5-8-17/h7,10-11,15,19H,3-6,8-9,12-14H2,1-2H3,(H,22,24). The summed E-state index contributed by atoms with van der Waals surface area (Å²) in [6.45, 7) is 2.69. The summed E-state index contributed by atoms with van der Waals surface area (Å²) in [6, 6.07) is 4.36. The molecular weight excluding hydrogens is 376 g/mol. The van der Waals surface area contributed by atoms with Gasteiger partial charge in [-0.25, -0.2) is 8.42 Å². The Bertz CT molecular complexity index is 848. The maximum Gasteiger partial charge on any atom is 0.244 e. The summed E-state index contributed by atoms with van der Waals surface area (Å²) < 4.78 is 33.0. The van der Waals surface area contributed by atoms with Gasteiger partial charge in [0.2, 0.25) is 15.9 Å². The Balaban J connectivity index is 1.69. The Kier molecular flexibility index (Phi) is 6.78. The highest BCUT2D eigenvalue weighted by atomic mass is 32.2. The van der Waals surface area contributed by atoms with Crippen molar-refractivity contribution in [2.45, 2.75) is 62.8 Å². The van der Waals surface area contributed by atoms with Crippen LogP contribution in [-0.4, -0.2) is 44.9 Å². The molecule has 1 heterocycles. The second-order valence-corrected chi connectivity index (χ2v) is 9.41. The zero-order valence-corrected chi connectivity index (χ0v) is 17.6. The monoisotopic (exact) mass is 406 g/mol. The summed E-state index contributed by atoms with van der Waals surface area (Å²) in [5.41, 5.74) is 2.05. The third-order valence-electron chi connectivity index (χ3n) is 5.62. The first-order valence-corrected chi connectivity index (χ1v) is 11.5. The van der Waals surface area contributed by atoms with E-state index in [4.69, 9.17) is 4.74 Å². The number of rotatable bonds is 7. The van der Waals surface area contributed by atoms with Crippen LogP contribution >= 0.6 is 0 Å². The highest BCUT2D eigenvalue weighted by molar-refractivity contribution is 7.89. The number of nitrogens with one attached hydrogen (secondary N) is 1. The molecule has 154 valence electrons. The Morgan fingerprint density at radius 2 is 2.11 bits per heavy atom. The molecule has 1 aliphatic heterocycles. The zero-order chi connectivity index (χ0) is 20.1. The van der Waals surface area contributed by atoms with Gasteiger partial charge >= 0.3 is 0 Å². The highest BCUT2D eigenvalue weighted by Crippen LogP contribution is 2.30. The fraction of sp³-hybridized carbons (Fsp3) is 0.571. The molecule has 1 saturated heterocycles. The van der Waals surface area contributed by atoms with Gasteiger partial charge in [0, 0.05) is 19.2 Å². The van der Waals surface area contributed by atoms with Gasteiger partial charge in [-0.05, 0) is 63.5 Å². The van der Waals surface area contributed by atoms with Crippen LogP contribution < -0.4 is 10.1 Å². The molecule has 0 saturated carbocycles. The Morgan fingerprint density at radius 1 is 1.29 bits per heavy atom. The van der Waals surface area contributed by atoms with Crippen molar-refractivity contribution in [1.82, 2.24) is 9.62 Å². The van der Waals surface area contributed by atoms with Crippen molar-refractivity contribution in [3.8, 4) is 5.75 Å². The van der Waals surface area contributed by atoms with E-state index < -0.39 is 16.1 Å². The van der Waals surface area contributed by atoms with Crippen LogP contribution in [0.25, 0.3) is 0 Å². The summed E-state index contributed by atoms with van der Waals surface area (Å²) >= 11 is 0. The molecule has 3 rings (SSSR count). The number of aryl methyl sites for hydroxylation is 1. The quantitative estimate of drug-likeness (QED) is 0.706. The maximum atomic E-state index is 13.2. The van der Waals surface area contributed by atoms with Crippen LogP contribution in [0.5, 0.6) is 5.75 Å². The summed E-state index contributed by atoms with van der Waals surface area (Å²) in [5, 5.41) is 2.95. The Labute approximate surface area is 168 Å². The molecule has 1 unspecified atom stereocenters. The summed E-state index contributed by atoms with van der Waals surface area (Å²) in [4.78, 5) is 12.9. The molecule has 1 atom stereocenters. The fourth-order valence-corrected chi connectivity index (χ4v) is 5.90. The van der Waals surface area contributed by atoms with E-state index in [2.05, 4.69) is 11.4 Å². The summed E-state index contributed by atoms with van der Waals surface area (Å²) in [7, 11) is -2.25. The number of carbonyl (C=O) groups excluding carboxylic acids is 1. The maximum absolute atomic E-state index is 13.2. The van der Waals surface area contributed by atoms with Crippen LogP contribution in [0.2, 0.25) is 0 Å². The van der Waals surface area contributed by atoms with Crippen molar-refractivity contribution in [2.75, 3.05) is 20.2 Å². The van der Waals surface area contributed by atoms with E-state index in [-0.39, 0.29) is 10.8 Å². The van der Waals surface area contributed by atoms with Gasteiger partial charge in [-0.15, -0.1) is 0 Å². The van der Waals surface area contributed by atoms with Crippen LogP contribution in [0.4, 0.5) is 0 Å². The first-order valence-electron chi connectivity index (χ1n) is 10.1. The van der Waals surface area contributed by atoms with Crippen molar-refractivity contribution >= 4 is 15.9 Å². The van der Waals surface area contributed by atoms with Crippen molar-refractivity contribution in [3.05, 3.63) is 35.4 Å².